The summed E-state index contributed by atoms with van der Waals surface area (Å²) in [5.74, 6) is 1.72. The summed E-state index contributed by atoms with van der Waals surface area (Å²) in [6, 6.07) is 81.6. The molecule has 0 amide bonds. The van der Waals surface area contributed by atoms with E-state index in [0.717, 1.165) is 56.5 Å². The van der Waals surface area contributed by atoms with Crippen molar-refractivity contribution < 1.29 is 4.74 Å². The fraction of sp³-hybridized carbons (Fsp3) is 0.108. The minimum atomic E-state index is -0.771. The van der Waals surface area contributed by atoms with E-state index in [0.29, 0.717) is 0 Å². The molecule has 0 saturated heterocycles. The van der Waals surface area contributed by atoms with Gasteiger partial charge in [-0.15, -0.1) is 0 Å². The zero-order chi connectivity index (χ0) is 52.0. The zero-order valence-corrected chi connectivity index (χ0v) is 44.0. The number of rotatable bonds is 7. The van der Waals surface area contributed by atoms with Crippen molar-refractivity contribution in [2.24, 2.45) is 0 Å². The normalized spacial score (nSPS) is 16.7. The highest BCUT2D eigenvalue weighted by molar-refractivity contribution is 6.09. The van der Waals surface area contributed by atoms with E-state index >= 15 is 0 Å². The molecular formula is C74H56N2O. The van der Waals surface area contributed by atoms with Gasteiger partial charge in [0.25, 0.3) is 0 Å². The fourth-order valence-corrected chi connectivity index (χ4v) is 14.1. The van der Waals surface area contributed by atoms with Crippen molar-refractivity contribution in [2.75, 3.05) is 4.90 Å². The van der Waals surface area contributed by atoms with Crippen molar-refractivity contribution >= 4 is 44.4 Å². The number of allylic oxidation sites excluding steroid dienone is 5. The largest absolute Gasteiger partial charge is 0.457 e. The van der Waals surface area contributed by atoms with Gasteiger partial charge in [0.1, 0.15) is 11.5 Å². The van der Waals surface area contributed by atoms with Gasteiger partial charge in [-0.1, -0.05) is 204 Å². The molecule has 15 rings (SSSR count). The highest BCUT2D eigenvalue weighted by atomic mass is 16.5. The number of para-hydroxylation sites is 3. The quantitative estimate of drug-likeness (QED) is 0.148. The molecule has 11 aromatic rings. The molecule has 1 aromatic heterocycles. The number of fused-ring (bicyclic) bond motifs is 16. The lowest BCUT2D eigenvalue weighted by Gasteiger charge is -2.42. The van der Waals surface area contributed by atoms with Gasteiger partial charge in [0.2, 0.25) is 0 Å². The predicted octanol–water partition coefficient (Wildman–Crippen LogP) is 19.5. The molecule has 1 spiro atoms. The Bertz CT molecular complexity index is 4350. The molecule has 1 atom stereocenters. The van der Waals surface area contributed by atoms with Gasteiger partial charge in [-0.25, -0.2) is 0 Å². The lowest BCUT2D eigenvalue weighted by molar-refractivity contribution is 0.436. The van der Waals surface area contributed by atoms with Gasteiger partial charge in [0, 0.05) is 55.4 Å². The molecule has 10 aromatic carbocycles. The number of ether oxygens (including phenoxy) is 1. The molecule has 1 aliphatic heterocycles. The minimum Gasteiger partial charge on any atom is -0.457 e. The van der Waals surface area contributed by atoms with E-state index in [4.69, 9.17) is 4.74 Å². The summed E-state index contributed by atoms with van der Waals surface area (Å²) in [6.45, 7) is 15.8. The summed E-state index contributed by atoms with van der Waals surface area (Å²) < 4.78 is 9.49. The molecule has 0 saturated carbocycles. The highest BCUT2D eigenvalue weighted by Crippen LogP contribution is 2.65. The average Bonchev–Trinajstić information content (AvgIpc) is 4.11. The van der Waals surface area contributed by atoms with Crippen LogP contribution in [-0.4, -0.2) is 4.57 Å². The van der Waals surface area contributed by atoms with Crippen LogP contribution in [0.15, 0.2) is 249 Å². The van der Waals surface area contributed by atoms with Crippen molar-refractivity contribution in [3.05, 3.63) is 293 Å². The van der Waals surface area contributed by atoms with Crippen LogP contribution in [0.2, 0.25) is 0 Å². The molecule has 0 bridgehead atoms. The third kappa shape index (κ3) is 6.20. The second-order valence-corrected chi connectivity index (χ2v) is 22.4. The molecule has 368 valence electrons. The monoisotopic (exact) mass is 988 g/mol. The second-order valence-electron chi connectivity index (χ2n) is 22.4. The van der Waals surface area contributed by atoms with E-state index in [1.807, 2.05) is 6.08 Å². The van der Waals surface area contributed by atoms with Crippen LogP contribution in [0.4, 0.5) is 17.1 Å². The van der Waals surface area contributed by atoms with Crippen molar-refractivity contribution in [3.8, 4) is 50.6 Å². The van der Waals surface area contributed by atoms with E-state index in [-0.39, 0.29) is 10.8 Å². The third-order valence-electron chi connectivity index (χ3n) is 18.0. The van der Waals surface area contributed by atoms with E-state index in [9.17, 15) is 0 Å². The number of hydrogen-bond acceptors (Lipinski definition) is 2. The van der Waals surface area contributed by atoms with Crippen molar-refractivity contribution in [1.29, 1.82) is 0 Å². The predicted molar refractivity (Wildman–Crippen MR) is 321 cm³/mol. The molecule has 3 aliphatic carbocycles. The van der Waals surface area contributed by atoms with E-state index in [2.05, 4.69) is 281 Å². The first-order valence-corrected chi connectivity index (χ1v) is 27.0. The first-order valence-electron chi connectivity index (χ1n) is 27.0. The first-order chi connectivity index (χ1) is 37.6. The first kappa shape index (κ1) is 45.2. The van der Waals surface area contributed by atoms with Crippen LogP contribution >= 0.6 is 0 Å². The van der Waals surface area contributed by atoms with Gasteiger partial charge in [0.15, 0.2) is 0 Å². The summed E-state index contributed by atoms with van der Waals surface area (Å²) in [4.78, 5) is 2.57. The number of benzene rings is 10. The van der Waals surface area contributed by atoms with Crippen molar-refractivity contribution in [2.45, 2.75) is 50.9 Å². The Hall–Kier alpha value is -9.18. The van der Waals surface area contributed by atoms with Crippen LogP contribution < -0.4 is 9.64 Å². The number of hydrogen-bond donors (Lipinski definition) is 0. The Balaban J connectivity index is 0.971. The SMILES string of the molecule is C=C/C=C\C1=C(C)C(C)(C)c2cc(N(c3ccc4c(c3)C(C)(C)c3ccccc3-4)c3cccc4c3C3(c5ccccc5Oc5ccc(-c6ccc(-n7c8ccccc8c8ccccc87)cc6)cc53)c3ccccc3-4)ccc21. The van der Waals surface area contributed by atoms with E-state index < -0.39 is 5.41 Å². The Morgan fingerprint density at radius 2 is 1.01 bits per heavy atom. The summed E-state index contributed by atoms with van der Waals surface area (Å²) in [6.07, 6.45) is 6.17. The molecule has 1 unspecified atom stereocenters. The number of aromatic nitrogens is 1. The maximum Gasteiger partial charge on any atom is 0.132 e. The third-order valence-corrected chi connectivity index (χ3v) is 18.0. The van der Waals surface area contributed by atoms with Crippen molar-refractivity contribution in [1.82, 2.24) is 4.57 Å². The Kier molecular flexibility index (Phi) is 9.64. The van der Waals surface area contributed by atoms with Crippen LogP contribution in [-0.2, 0) is 16.2 Å². The zero-order valence-electron chi connectivity index (χ0n) is 44.0. The summed E-state index contributed by atoms with van der Waals surface area (Å²) in [7, 11) is 0. The maximum atomic E-state index is 7.10. The topological polar surface area (TPSA) is 17.4 Å². The molecule has 0 fully saturated rings. The molecule has 2 heterocycles. The summed E-state index contributed by atoms with van der Waals surface area (Å²) in [5.41, 5.74) is 25.7. The van der Waals surface area contributed by atoms with Gasteiger partial charge in [-0.2, -0.15) is 0 Å². The summed E-state index contributed by atoms with van der Waals surface area (Å²) >= 11 is 0. The lowest BCUT2D eigenvalue weighted by atomic mass is 9.65. The molecule has 0 radical (unpaired) electrons. The maximum absolute atomic E-state index is 7.10. The van der Waals surface area contributed by atoms with Crippen LogP contribution in [0, 0.1) is 0 Å². The molecular weight excluding hydrogens is 933 g/mol. The number of nitrogens with zero attached hydrogens (tertiary/aromatic N) is 2. The highest BCUT2D eigenvalue weighted by Gasteiger charge is 2.53. The summed E-state index contributed by atoms with van der Waals surface area (Å²) in [5, 5.41) is 2.51. The standard InChI is InChI=1S/C74H56N2O/c1-7-8-20-52-46(2)72(3,4)63-44-50(38-40-55(52)63)75(51-39-41-56-53-21-9-13-26-60(53)73(5,6)64(56)45-51)68-31-19-25-59-54-22-10-14-27-61(54)74(71(59)68)62-28-15-18-32-69(62)77-70-42-35-48(43-65(70)74)47-33-36-49(37-34-47)76-66-29-16-11-23-57(66)58-24-12-17-30-67(58)76/h7-45H,1H2,2-6H3/b20-8-. The van der Waals surface area contributed by atoms with E-state index in [1.54, 1.807) is 0 Å². The van der Waals surface area contributed by atoms with Crippen LogP contribution in [0.3, 0.4) is 0 Å². The lowest BCUT2D eigenvalue weighted by Crippen LogP contribution is -2.33. The average molecular weight is 989 g/mol. The van der Waals surface area contributed by atoms with Gasteiger partial charge >= 0.3 is 0 Å². The smallest absolute Gasteiger partial charge is 0.132 e. The molecule has 77 heavy (non-hydrogen) atoms. The van der Waals surface area contributed by atoms with Gasteiger partial charge in [-0.3, -0.25) is 0 Å². The van der Waals surface area contributed by atoms with Gasteiger partial charge < -0.3 is 14.2 Å². The van der Waals surface area contributed by atoms with E-state index in [1.165, 1.54) is 88.6 Å². The number of anilines is 3. The van der Waals surface area contributed by atoms with Gasteiger partial charge in [0.05, 0.1) is 22.1 Å². The Morgan fingerprint density at radius 3 is 1.73 bits per heavy atom. The Morgan fingerprint density at radius 1 is 0.455 bits per heavy atom. The van der Waals surface area contributed by atoms with Crippen LogP contribution in [0.1, 0.15) is 79.1 Å². The van der Waals surface area contributed by atoms with Crippen LogP contribution in [0.25, 0.3) is 66.4 Å². The van der Waals surface area contributed by atoms with Crippen LogP contribution in [0.5, 0.6) is 11.5 Å². The Labute approximate surface area is 451 Å². The molecule has 4 aliphatic rings. The molecule has 3 heteroatoms. The van der Waals surface area contributed by atoms with Crippen molar-refractivity contribution in [3.63, 3.8) is 0 Å². The minimum absolute atomic E-state index is 0.201. The fourth-order valence-electron chi connectivity index (χ4n) is 14.1. The molecule has 0 N–H and O–H groups in total. The van der Waals surface area contributed by atoms with Gasteiger partial charge in [-0.05, 0) is 146 Å². The second kappa shape index (κ2) is 16.4. The molecule has 3 nitrogen and oxygen atoms in total.